The number of nitrogens with one attached hydrogen (secondary N) is 1. The highest BCUT2D eigenvalue weighted by Gasteiger charge is 2.22. The van der Waals surface area contributed by atoms with Gasteiger partial charge < -0.3 is 15.1 Å². The van der Waals surface area contributed by atoms with Crippen molar-refractivity contribution < 1.29 is 9.59 Å². The Morgan fingerprint density at radius 3 is 2.71 bits per heavy atom. The second-order valence-electron chi connectivity index (χ2n) is 4.87. The third-order valence-electron chi connectivity index (χ3n) is 3.19. The van der Waals surface area contributed by atoms with Gasteiger partial charge in [-0.05, 0) is 40.3 Å². The Morgan fingerprint density at radius 2 is 2.06 bits per heavy atom. The first-order chi connectivity index (χ1) is 8.00. The third-order valence-corrected chi connectivity index (χ3v) is 3.19. The van der Waals surface area contributed by atoms with E-state index in [-0.39, 0.29) is 24.9 Å². The predicted octanol–water partition coefficient (Wildman–Crippen LogP) is 0.0652. The van der Waals surface area contributed by atoms with Crippen molar-refractivity contribution in [2.45, 2.75) is 32.7 Å². The van der Waals surface area contributed by atoms with Crippen LogP contribution in [0.3, 0.4) is 0 Å². The summed E-state index contributed by atoms with van der Waals surface area (Å²) < 4.78 is 0. The molecular weight excluding hydrogens is 218 g/mol. The summed E-state index contributed by atoms with van der Waals surface area (Å²) in [6.07, 6.45) is 2.01. The van der Waals surface area contributed by atoms with Crippen LogP contribution in [0.1, 0.15) is 26.7 Å². The van der Waals surface area contributed by atoms with Crippen LogP contribution in [0.5, 0.6) is 0 Å². The van der Waals surface area contributed by atoms with Crippen molar-refractivity contribution in [1.82, 2.24) is 15.1 Å². The fraction of sp³-hybridized carbons (Fsp3) is 0.833. The van der Waals surface area contributed by atoms with Crippen molar-refractivity contribution in [3.8, 4) is 0 Å². The van der Waals surface area contributed by atoms with Gasteiger partial charge in [-0.3, -0.25) is 9.59 Å². The summed E-state index contributed by atoms with van der Waals surface area (Å²) in [4.78, 5) is 26.5. The average molecular weight is 241 g/mol. The summed E-state index contributed by atoms with van der Waals surface area (Å²) in [6.45, 7) is 6.44. The molecular formula is C12H23N3O2. The van der Waals surface area contributed by atoms with E-state index >= 15 is 0 Å². The molecule has 1 aliphatic rings. The van der Waals surface area contributed by atoms with Crippen LogP contribution in [0, 0.1) is 0 Å². The number of amides is 2. The molecule has 0 aliphatic carbocycles. The lowest BCUT2D eigenvalue weighted by Crippen LogP contribution is -2.51. The number of carbonyl (C=O) groups is 2. The van der Waals surface area contributed by atoms with Crippen LogP contribution >= 0.6 is 0 Å². The van der Waals surface area contributed by atoms with Gasteiger partial charge >= 0.3 is 0 Å². The van der Waals surface area contributed by atoms with E-state index in [1.165, 1.54) is 0 Å². The van der Waals surface area contributed by atoms with E-state index in [0.717, 1.165) is 19.4 Å². The quantitative estimate of drug-likeness (QED) is 0.669. The fourth-order valence-electron chi connectivity index (χ4n) is 1.73. The van der Waals surface area contributed by atoms with Crippen LogP contribution in [0.15, 0.2) is 0 Å². The zero-order valence-electron chi connectivity index (χ0n) is 11.0. The Balaban J connectivity index is 2.17. The molecule has 17 heavy (non-hydrogen) atoms. The van der Waals surface area contributed by atoms with Crippen molar-refractivity contribution in [2.75, 3.05) is 33.2 Å². The first-order valence-electron chi connectivity index (χ1n) is 6.25. The van der Waals surface area contributed by atoms with Crippen molar-refractivity contribution in [1.29, 1.82) is 0 Å². The lowest BCUT2D eigenvalue weighted by molar-refractivity contribution is -0.140. The van der Waals surface area contributed by atoms with Gasteiger partial charge in [0.25, 0.3) is 0 Å². The van der Waals surface area contributed by atoms with Crippen molar-refractivity contribution in [3.05, 3.63) is 0 Å². The minimum Gasteiger partial charge on any atom is -0.345 e. The molecule has 0 aromatic heterocycles. The zero-order valence-corrected chi connectivity index (χ0v) is 11.0. The highest BCUT2D eigenvalue weighted by Crippen LogP contribution is 2.02. The van der Waals surface area contributed by atoms with Gasteiger partial charge in [-0.2, -0.15) is 0 Å². The molecule has 5 nitrogen and oxygen atoms in total. The molecule has 0 saturated carbocycles. The van der Waals surface area contributed by atoms with E-state index < -0.39 is 0 Å². The number of rotatable bonds is 6. The normalized spacial score (nSPS) is 16.9. The van der Waals surface area contributed by atoms with E-state index in [1.54, 1.807) is 4.90 Å². The van der Waals surface area contributed by atoms with Gasteiger partial charge in [0.1, 0.15) is 0 Å². The minimum absolute atomic E-state index is 0.0295. The summed E-state index contributed by atoms with van der Waals surface area (Å²) in [7, 11) is 2.10. The van der Waals surface area contributed by atoms with E-state index in [2.05, 4.69) is 31.1 Å². The Hall–Kier alpha value is -1.10. The molecule has 1 fully saturated rings. The number of carbonyl (C=O) groups excluding carboxylic acids is 2. The maximum absolute atomic E-state index is 11.5. The largest absolute Gasteiger partial charge is 0.345 e. The van der Waals surface area contributed by atoms with Gasteiger partial charge in [0.2, 0.25) is 11.8 Å². The lowest BCUT2D eigenvalue weighted by atomic mass is 10.2. The second kappa shape index (κ2) is 6.59. The zero-order chi connectivity index (χ0) is 12.8. The SMILES string of the molecule is CC(C)N(C)CCCCN1CC(=O)NCC1=O. The molecule has 1 aliphatic heterocycles. The Bertz CT molecular complexity index is 279. The molecule has 0 bridgehead atoms. The molecule has 1 N–H and O–H groups in total. The number of unbranched alkanes of at least 4 members (excludes halogenated alkanes) is 1. The van der Waals surface area contributed by atoms with Gasteiger partial charge in [0, 0.05) is 12.6 Å². The maximum atomic E-state index is 11.5. The summed E-state index contributed by atoms with van der Waals surface area (Å²) in [5.74, 6) is -0.0225. The molecule has 1 heterocycles. The van der Waals surface area contributed by atoms with Gasteiger partial charge in [-0.25, -0.2) is 0 Å². The number of nitrogens with zero attached hydrogens (tertiary/aromatic N) is 2. The highest BCUT2D eigenvalue weighted by molar-refractivity contribution is 5.92. The van der Waals surface area contributed by atoms with Gasteiger partial charge in [0.05, 0.1) is 13.1 Å². The van der Waals surface area contributed by atoms with Crippen molar-refractivity contribution in [2.24, 2.45) is 0 Å². The van der Waals surface area contributed by atoms with E-state index in [9.17, 15) is 9.59 Å². The first-order valence-corrected chi connectivity index (χ1v) is 6.25. The second-order valence-corrected chi connectivity index (χ2v) is 4.87. The number of piperazine rings is 1. The summed E-state index contributed by atoms with van der Waals surface area (Å²) in [6, 6.07) is 0.553. The molecule has 0 aromatic rings. The molecule has 5 heteroatoms. The number of hydrogen-bond acceptors (Lipinski definition) is 3. The molecule has 0 unspecified atom stereocenters. The predicted molar refractivity (Wildman–Crippen MR) is 66.6 cm³/mol. The molecule has 98 valence electrons. The molecule has 0 aromatic carbocycles. The van der Waals surface area contributed by atoms with E-state index in [1.807, 2.05) is 0 Å². The van der Waals surface area contributed by atoms with Gasteiger partial charge in [-0.15, -0.1) is 0 Å². The topological polar surface area (TPSA) is 52.6 Å². The van der Waals surface area contributed by atoms with Crippen molar-refractivity contribution >= 4 is 11.8 Å². The first kappa shape index (κ1) is 14.0. The standard InChI is InChI=1S/C12H23N3O2/c1-10(2)14(3)6-4-5-7-15-9-11(16)13-8-12(15)17/h10H,4-9H2,1-3H3,(H,13,16). The summed E-state index contributed by atoms with van der Waals surface area (Å²) in [5.41, 5.74) is 0. The molecule has 0 spiro atoms. The van der Waals surface area contributed by atoms with Crippen LogP contribution in [-0.4, -0.2) is 60.9 Å². The smallest absolute Gasteiger partial charge is 0.242 e. The monoisotopic (exact) mass is 241 g/mol. The lowest BCUT2D eigenvalue weighted by Gasteiger charge is -2.27. The number of hydrogen-bond donors (Lipinski definition) is 1. The van der Waals surface area contributed by atoms with Gasteiger partial charge in [0.15, 0.2) is 0 Å². The average Bonchev–Trinajstić information content (AvgIpc) is 2.28. The van der Waals surface area contributed by atoms with Crippen LogP contribution < -0.4 is 5.32 Å². The Kier molecular flexibility index (Phi) is 5.41. The van der Waals surface area contributed by atoms with Crippen LogP contribution in [0.25, 0.3) is 0 Å². The minimum atomic E-state index is -0.0519. The fourth-order valence-corrected chi connectivity index (χ4v) is 1.73. The molecule has 1 rings (SSSR count). The maximum Gasteiger partial charge on any atom is 0.242 e. The summed E-state index contributed by atoms with van der Waals surface area (Å²) >= 11 is 0. The van der Waals surface area contributed by atoms with E-state index in [0.29, 0.717) is 12.6 Å². The van der Waals surface area contributed by atoms with Crippen LogP contribution in [0.2, 0.25) is 0 Å². The van der Waals surface area contributed by atoms with E-state index in [4.69, 9.17) is 0 Å². The van der Waals surface area contributed by atoms with Crippen LogP contribution in [-0.2, 0) is 9.59 Å². The Morgan fingerprint density at radius 1 is 1.35 bits per heavy atom. The highest BCUT2D eigenvalue weighted by atomic mass is 16.2. The third kappa shape index (κ3) is 4.73. The molecule has 2 amide bonds. The van der Waals surface area contributed by atoms with Gasteiger partial charge in [-0.1, -0.05) is 0 Å². The molecule has 0 radical (unpaired) electrons. The Labute approximate surface area is 103 Å². The van der Waals surface area contributed by atoms with Crippen molar-refractivity contribution in [3.63, 3.8) is 0 Å². The van der Waals surface area contributed by atoms with Crippen LogP contribution in [0.4, 0.5) is 0 Å². The molecule has 0 atom stereocenters. The molecule has 1 saturated heterocycles. The summed E-state index contributed by atoms with van der Waals surface area (Å²) in [5, 5.41) is 2.55.